The number of carbonyl (C=O) groups excluding carboxylic acids is 2. The van der Waals surface area contributed by atoms with Gasteiger partial charge in [0.2, 0.25) is 11.8 Å². The van der Waals surface area contributed by atoms with Crippen LogP contribution in [0.2, 0.25) is 0 Å². The Morgan fingerprint density at radius 2 is 2.25 bits per heavy atom. The average Bonchev–Trinajstić information content (AvgIpc) is 2.57. The van der Waals surface area contributed by atoms with Crippen LogP contribution in [0.3, 0.4) is 0 Å². The molecule has 1 aromatic rings. The molecule has 1 heterocycles. The van der Waals surface area contributed by atoms with Crippen molar-refractivity contribution >= 4 is 23.2 Å². The average molecular weight is 279 g/mol. The van der Waals surface area contributed by atoms with Gasteiger partial charge in [-0.15, -0.1) is 0 Å². The number of halogens is 1. The molecular formula is C14H18FN3O2. The number of amides is 2. The van der Waals surface area contributed by atoms with Gasteiger partial charge in [-0.2, -0.15) is 0 Å². The van der Waals surface area contributed by atoms with Crippen LogP contribution in [0.25, 0.3) is 0 Å². The van der Waals surface area contributed by atoms with Crippen LogP contribution >= 0.6 is 0 Å². The van der Waals surface area contributed by atoms with Crippen molar-refractivity contribution in [1.29, 1.82) is 0 Å². The van der Waals surface area contributed by atoms with E-state index in [0.29, 0.717) is 18.7 Å². The number of carbonyl (C=O) groups is 2. The lowest BCUT2D eigenvalue weighted by Crippen LogP contribution is -2.26. The lowest BCUT2D eigenvalue weighted by molar-refractivity contribution is -0.121. The zero-order valence-corrected chi connectivity index (χ0v) is 11.3. The van der Waals surface area contributed by atoms with Crippen LogP contribution in [0.15, 0.2) is 18.2 Å². The molecule has 1 aliphatic heterocycles. The Morgan fingerprint density at radius 1 is 1.45 bits per heavy atom. The van der Waals surface area contributed by atoms with Crippen molar-refractivity contribution in [3.63, 3.8) is 0 Å². The SMILES string of the molecule is CC(=O)Nc1cc(NC2CCCNC(=O)C2)ccc1F. The molecule has 0 radical (unpaired) electrons. The van der Waals surface area contributed by atoms with Gasteiger partial charge in [0, 0.05) is 31.6 Å². The summed E-state index contributed by atoms with van der Waals surface area (Å²) in [5.41, 5.74) is 0.829. The standard InChI is InChI=1S/C14H18FN3O2/c1-9(19)17-13-7-11(4-5-12(13)15)18-10-3-2-6-16-14(20)8-10/h4-5,7,10,18H,2-3,6,8H2,1H3,(H,16,20)(H,17,19). The third-order valence-electron chi connectivity index (χ3n) is 3.13. The number of nitrogens with one attached hydrogen (secondary N) is 3. The van der Waals surface area contributed by atoms with Gasteiger partial charge >= 0.3 is 0 Å². The van der Waals surface area contributed by atoms with Crippen LogP contribution in [-0.2, 0) is 9.59 Å². The Kier molecular flexibility index (Phi) is 4.55. The number of anilines is 2. The van der Waals surface area contributed by atoms with E-state index in [-0.39, 0.29) is 23.5 Å². The van der Waals surface area contributed by atoms with Gasteiger partial charge in [0.05, 0.1) is 5.69 Å². The number of hydrogen-bond acceptors (Lipinski definition) is 3. The first-order valence-electron chi connectivity index (χ1n) is 6.65. The molecule has 108 valence electrons. The quantitative estimate of drug-likeness (QED) is 0.791. The summed E-state index contributed by atoms with van der Waals surface area (Å²) in [5, 5.41) is 8.46. The molecule has 3 N–H and O–H groups in total. The molecule has 0 spiro atoms. The Hall–Kier alpha value is -2.11. The Labute approximate surface area is 116 Å². The second kappa shape index (κ2) is 6.36. The lowest BCUT2D eigenvalue weighted by Gasteiger charge is -2.17. The lowest BCUT2D eigenvalue weighted by atomic mass is 10.1. The van der Waals surface area contributed by atoms with Crippen molar-refractivity contribution in [2.45, 2.75) is 32.2 Å². The molecule has 0 saturated carbocycles. The van der Waals surface area contributed by atoms with E-state index < -0.39 is 5.82 Å². The fraction of sp³-hybridized carbons (Fsp3) is 0.429. The molecule has 1 aromatic carbocycles. The Balaban J connectivity index is 2.08. The fourth-order valence-electron chi connectivity index (χ4n) is 2.23. The summed E-state index contributed by atoms with van der Waals surface area (Å²) < 4.78 is 13.5. The molecule has 2 rings (SSSR count). The van der Waals surface area contributed by atoms with Crippen LogP contribution in [0, 0.1) is 5.82 Å². The first-order valence-corrected chi connectivity index (χ1v) is 6.65. The van der Waals surface area contributed by atoms with E-state index in [4.69, 9.17) is 0 Å². The van der Waals surface area contributed by atoms with Gasteiger partial charge in [-0.1, -0.05) is 0 Å². The van der Waals surface area contributed by atoms with E-state index in [1.807, 2.05) is 0 Å². The summed E-state index contributed by atoms with van der Waals surface area (Å²) in [5.74, 6) is -0.788. The zero-order valence-electron chi connectivity index (χ0n) is 11.3. The van der Waals surface area contributed by atoms with Gasteiger partial charge in [-0.05, 0) is 31.0 Å². The molecule has 1 saturated heterocycles. The van der Waals surface area contributed by atoms with E-state index >= 15 is 0 Å². The molecule has 0 aliphatic carbocycles. The van der Waals surface area contributed by atoms with E-state index in [1.165, 1.54) is 13.0 Å². The number of benzene rings is 1. The minimum absolute atomic E-state index is 0.0178. The molecule has 1 atom stereocenters. The van der Waals surface area contributed by atoms with Crippen LogP contribution < -0.4 is 16.0 Å². The van der Waals surface area contributed by atoms with Gasteiger partial charge in [-0.25, -0.2) is 4.39 Å². The highest BCUT2D eigenvalue weighted by Crippen LogP contribution is 2.22. The van der Waals surface area contributed by atoms with Crippen molar-refractivity contribution < 1.29 is 14.0 Å². The molecule has 6 heteroatoms. The summed E-state index contributed by atoms with van der Waals surface area (Å²) in [7, 11) is 0. The fourth-order valence-corrected chi connectivity index (χ4v) is 2.23. The smallest absolute Gasteiger partial charge is 0.222 e. The predicted molar refractivity (Wildman–Crippen MR) is 75.0 cm³/mol. The summed E-state index contributed by atoms with van der Waals surface area (Å²) >= 11 is 0. The van der Waals surface area contributed by atoms with Gasteiger partial charge in [0.25, 0.3) is 0 Å². The minimum atomic E-state index is -0.482. The predicted octanol–water partition coefficient (Wildman–Crippen LogP) is 1.86. The molecule has 1 fully saturated rings. The maximum atomic E-state index is 13.5. The van der Waals surface area contributed by atoms with Crippen molar-refractivity contribution in [1.82, 2.24) is 5.32 Å². The highest BCUT2D eigenvalue weighted by Gasteiger charge is 2.17. The third-order valence-corrected chi connectivity index (χ3v) is 3.13. The Bertz CT molecular complexity index is 519. The molecule has 2 amide bonds. The minimum Gasteiger partial charge on any atom is -0.382 e. The van der Waals surface area contributed by atoms with Gasteiger partial charge in [-0.3, -0.25) is 9.59 Å². The highest BCUT2D eigenvalue weighted by molar-refractivity contribution is 5.89. The highest BCUT2D eigenvalue weighted by atomic mass is 19.1. The first-order chi connectivity index (χ1) is 9.54. The molecule has 1 aliphatic rings. The first kappa shape index (κ1) is 14.3. The zero-order chi connectivity index (χ0) is 14.5. The topological polar surface area (TPSA) is 70.2 Å². The molecular weight excluding hydrogens is 261 g/mol. The third kappa shape index (κ3) is 3.94. The second-order valence-electron chi connectivity index (χ2n) is 4.91. The van der Waals surface area contributed by atoms with Crippen molar-refractivity contribution in [3.05, 3.63) is 24.0 Å². The molecule has 1 unspecified atom stereocenters. The molecule has 5 nitrogen and oxygen atoms in total. The second-order valence-corrected chi connectivity index (χ2v) is 4.91. The normalized spacial score (nSPS) is 18.9. The molecule has 20 heavy (non-hydrogen) atoms. The Morgan fingerprint density at radius 3 is 3.00 bits per heavy atom. The molecule has 0 bridgehead atoms. The summed E-state index contributed by atoms with van der Waals surface area (Å²) in [6.07, 6.45) is 2.17. The maximum Gasteiger partial charge on any atom is 0.222 e. The monoisotopic (exact) mass is 279 g/mol. The van der Waals surface area contributed by atoms with Crippen LogP contribution in [-0.4, -0.2) is 24.4 Å². The van der Waals surface area contributed by atoms with Gasteiger partial charge < -0.3 is 16.0 Å². The van der Waals surface area contributed by atoms with E-state index in [9.17, 15) is 14.0 Å². The maximum absolute atomic E-state index is 13.5. The van der Waals surface area contributed by atoms with Crippen molar-refractivity contribution in [2.24, 2.45) is 0 Å². The van der Waals surface area contributed by atoms with Gasteiger partial charge in [0.1, 0.15) is 5.82 Å². The number of hydrogen-bond donors (Lipinski definition) is 3. The van der Waals surface area contributed by atoms with Crippen molar-refractivity contribution in [2.75, 3.05) is 17.2 Å². The van der Waals surface area contributed by atoms with Crippen molar-refractivity contribution in [3.8, 4) is 0 Å². The largest absolute Gasteiger partial charge is 0.382 e. The van der Waals surface area contributed by atoms with E-state index in [1.54, 1.807) is 12.1 Å². The van der Waals surface area contributed by atoms with E-state index in [2.05, 4.69) is 16.0 Å². The molecule has 0 aromatic heterocycles. The van der Waals surface area contributed by atoms with Crippen LogP contribution in [0.4, 0.5) is 15.8 Å². The summed E-state index contributed by atoms with van der Waals surface area (Å²) in [6, 6.07) is 4.46. The van der Waals surface area contributed by atoms with E-state index in [0.717, 1.165) is 12.8 Å². The summed E-state index contributed by atoms with van der Waals surface area (Å²) in [4.78, 5) is 22.5. The van der Waals surface area contributed by atoms with Crippen LogP contribution in [0.5, 0.6) is 0 Å². The van der Waals surface area contributed by atoms with Crippen LogP contribution in [0.1, 0.15) is 26.2 Å². The number of rotatable bonds is 3. The van der Waals surface area contributed by atoms with Gasteiger partial charge in [0.15, 0.2) is 0 Å². The summed E-state index contributed by atoms with van der Waals surface area (Å²) in [6.45, 7) is 2.02.